The Morgan fingerprint density at radius 2 is 1.80 bits per heavy atom. The molecule has 0 bridgehead atoms. The first kappa shape index (κ1) is 17.2. The van der Waals surface area contributed by atoms with Gasteiger partial charge in [-0.1, -0.05) is 34.1 Å². The number of benzene rings is 2. The van der Waals surface area contributed by atoms with Gasteiger partial charge in [-0.05, 0) is 48.9 Å². The molecule has 4 nitrogen and oxygen atoms in total. The SMILES string of the molecule is Cc1cc(NC(=O)c2cncc(N(C)c3ccccc3)c2)ccc1Br. The van der Waals surface area contributed by atoms with Crippen LogP contribution in [0.1, 0.15) is 15.9 Å². The number of hydrogen-bond acceptors (Lipinski definition) is 3. The Hall–Kier alpha value is -2.66. The molecule has 0 radical (unpaired) electrons. The zero-order valence-corrected chi connectivity index (χ0v) is 15.6. The number of rotatable bonds is 4. The minimum Gasteiger partial charge on any atom is -0.343 e. The molecule has 1 aromatic heterocycles. The number of para-hydroxylation sites is 1. The van der Waals surface area contributed by atoms with E-state index >= 15 is 0 Å². The Bertz CT molecular complexity index is 896. The fourth-order valence-corrected chi connectivity index (χ4v) is 2.71. The highest BCUT2D eigenvalue weighted by Crippen LogP contribution is 2.24. The van der Waals surface area contributed by atoms with E-state index in [2.05, 4.69) is 26.2 Å². The second-order valence-electron chi connectivity index (χ2n) is 5.74. The molecule has 0 saturated heterocycles. The molecule has 126 valence electrons. The van der Waals surface area contributed by atoms with Gasteiger partial charge in [0.05, 0.1) is 17.4 Å². The van der Waals surface area contributed by atoms with Gasteiger partial charge in [-0.25, -0.2) is 0 Å². The van der Waals surface area contributed by atoms with Crippen LogP contribution in [0.4, 0.5) is 17.1 Å². The van der Waals surface area contributed by atoms with Crippen molar-refractivity contribution in [2.75, 3.05) is 17.3 Å². The number of carbonyl (C=O) groups excluding carboxylic acids is 1. The van der Waals surface area contributed by atoms with Gasteiger partial charge in [0.2, 0.25) is 0 Å². The third-order valence-electron chi connectivity index (χ3n) is 3.93. The summed E-state index contributed by atoms with van der Waals surface area (Å²) in [4.78, 5) is 18.7. The van der Waals surface area contributed by atoms with Crippen LogP contribution in [0.5, 0.6) is 0 Å². The van der Waals surface area contributed by atoms with Gasteiger partial charge in [-0.3, -0.25) is 9.78 Å². The number of halogens is 1. The molecule has 3 aromatic rings. The third-order valence-corrected chi connectivity index (χ3v) is 4.82. The molecule has 0 fully saturated rings. The lowest BCUT2D eigenvalue weighted by molar-refractivity contribution is 0.102. The lowest BCUT2D eigenvalue weighted by Gasteiger charge is -2.19. The summed E-state index contributed by atoms with van der Waals surface area (Å²) in [5.74, 6) is -0.183. The molecule has 0 saturated carbocycles. The van der Waals surface area contributed by atoms with E-state index in [1.54, 1.807) is 12.4 Å². The quantitative estimate of drug-likeness (QED) is 0.662. The number of aryl methyl sites for hydroxylation is 1. The molecule has 3 rings (SSSR count). The average molecular weight is 396 g/mol. The van der Waals surface area contributed by atoms with Crippen LogP contribution in [0.3, 0.4) is 0 Å². The molecule has 5 heteroatoms. The first-order valence-electron chi connectivity index (χ1n) is 7.86. The summed E-state index contributed by atoms with van der Waals surface area (Å²) in [5, 5.41) is 2.91. The van der Waals surface area contributed by atoms with Crippen molar-refractivity contribution in [1.82, 2.24) is 4.98 Å². The predicted molar refractivity (Wildman–Crippen MR) is 106 cm³/mol. The predicted octanol–water partition coefficient (Wildman–Crippen LogP) is 5.17. The molecular weight excluding hydrogens is 378 g/mol. The molecule has 0 aliphatic carbocycles. The van der Waals surface area contributed by atoms with E-state index in [-0.39, 0.29) is 5.91 Å². The monoisotopic (exact) mass is 395 g/mol. The number of nitrogens with one attached hydrogen (secondary N) is 1. The number of aromatic nitrogens is 1. The summed E-state index contributed by atoms with van der Waals surface area (Å²) < 4.78 is 1.01. The first-order valence-corrected chi connectivity index (χ1v) is 8.65. The normalized spacial score (nSPS) is 10.4. The van der Waals surface area contributed by atoms with E-state index in [4.69, 9.17) is 0 Å². The van der Waals surface area contributed by atoms with Crippen LogP contribution in [0.2, 0.25) is 0 Å². The second kappa shape index (κ2) is 7.49. The highest BCUT2D eigenvalue weighted by Gasteiger charge is 2.11. The van der Waals surface area contributed by atoms with E-state index in [0.29, 0.717) is 5.56 Å². The minimum atomic E-state index is -0.183. The van der Waals surface area contributed by atoms with Crippen LogP contribution >= 0.6 is 15.9 Å². The smallest absolute Gasteiger partial charge is 0.257 e. The molecule has 1 amide bonds. The molecule has 1 heterocycles. The summed E-state index contributed by atoms with van der Waals surface area (Å²) in [6, 6.07) is 17.5. The van der Waals surface area contributed by atoms with Crippen LogP contribution < -0.4 is 10.2 Å². The maximum absolute atomic E-state index is 12.5. The molecular formula is C20H18BrN3O. The maximum atomic E-state index is 12.5. The van der Waals surface area contributed by atoms with Gasteiger partial charge in [0.15, 0.2) is 0 Å². The van der Waals surface area contributed by atoms with Gasteiger partial charge in [0, 0.05) is 29.1 Å². The van der Waals surface area contributed by atoms with Crippen molar-refractivity contribution in [1.29, 1.82) is 0 Å². The molecule has 0 aliphatic heterocycles. The van der Waals surface area contributed by atoms with E-state index < -0.39 is 0 Å². The highest BCUT2D eigenvalue weighted by atomic mass is 79.9. The van der Waals surface area contributed by atoms with Crippen molar-refractivity contribution in [3.05, 3.63) is 82.6 Å². The van der Waals surface area contributed by atoms with Crippen LogP contribution in [0.15, 0.2) is 71.5 Å². The highest BCUT2D eigenvalue weighted by molar-refractivity contribution is 9.10. The third kappa shape index (κ3) is 4.06. The van der Waals surface area contributed by atoms with Gasteiger partial charge < -0.3 is 10.2 Å². The molecule has 25 heavy (non-hydrogen) atoms. The summed E-state index contributed by atoms with van der Waals surface area (Å²) >= 11 is 3.46. The van der Waals surface area contributed by atoms with Crippen molar-refractivity contribution in [2.24, 2.45) is 0 Å². The Labute approximate surface area is 155 Å². The number of carbonyl (C=O) groups is 1. The van der Waals surface area contributed by atoms with Gasteiger partial charge in [-0.15, -0.1) is 0 Å². The van der Waals surface area contributed by atoms with Crippen LogP contribution in [0.25, 0.3) is 0 Å². The van der Waals surface area contributed by atoms with Gasteiger partial charge >= 0.3 is 0 Å². The van der Waals surface area contributed by atoms with Crippen LogP contribution in [-0.2, 0) is 0 Å². The molecule has 0 unspecified atom stereocenters. The van der Waals surface area contributed by atoms with E-state index in [1.807, 2.05) is 73.5 Å². The topological polar surface area (TPSA) is 45.2 Å². The maximum Gasteiger partial charge on any atom is 0.257 e. The van der Waals surface area contributed by atoms with Gasteiger partial charge in [0.25, 0.3) is 5.91 Å². The average Bonchev–Trinajstić information content (AvgIpc) is 2.65. The lowest BCUT2D eigenvalue weighted by atomic mass is 10.2. The molecule has 2 aromatic carbocycles. The second-order valence-corrected chi connectivity index (χ2v) is 6.60. The zero-order chi connectivity index (χ0) is 17.8. The molecule has 0 aliphatic rings. The van der Waals surface area contributed by atoms with E-state index in [0.717, 1.165) is 27.1 Å². The summed E-state index contributed by atoms with van der Waals surface area (Å²) in [7, 11) is 1.95. The lowest BCUT2D eigenvalue weighted by Crippen LogP contribution is -2.15. The zero-order valence-electron chi connectivity index (χ0n) is 14.0. The Kier molecular flexibility index (Phi) is 5.14. The molecule has 1 N–H and O–H groups in total. The number of nitrogens with zero attached hydrogens (tertiary/aromatic N) is 2. The number of hydrogen-bond donors (Lipinski definition) is 1. The van der Waals surface area contributed by atoms with Gasteiger partial charge in [-0.2, -0.15) is 0 Å². The van der Waals surface area contributed by atoms with E-state index in [1.165, 1.54) is 0 Å². The van der Waals surface area contributed by atoms with Crippen LogP contribution in [-0.4, -0.2) is 17.9 Å². The number of anilines is 3. The van der Waals surface area contributed by atoms with E-state index in [9.17, 15) is 4.79 Å². The van der Waals surface area contributed by atoms with Crippen molar-refractivity contribution >= 4 is 38.9 Å². The van der Waals surface area contributed by atoms with Crippen molar-refractivity contribution in [2.45, 2.75) is 6.92 Å². The van der Waals surface area contributed by atoms with Crippen LogP contribution in [0, 0.1) is 6.92 Å². The van der Waals surface area contributed by atoms with Crippen molar-refractivity contribution < 1.29 is 4.79 Å². The molecule has 0 spiro atoms. The Morgan fingerprint density at radius 1 is 1.04 bits per heavy atom. The fourth-order valence-electron chi connectivity index (χ4n) is 2.46. The fraction of sp³-hybridized carbons (Fsp3) is 0.100. The summed E-state index contributed by atoms with van der Waals surface area (Å²) in [6.45, 7) is 1.98. The minimum absolute atomic E-state index is 0.183. The van der Waals surface area contributed by atoms with Crippen molar-refractivity contribution in [3.63, 3.8) is 0 Å². The van der Waals surface area contributed by atoms with Crippen molar-refractivity contribution in [3.8, 4) is 0 Å². The number of pyridine rings is 1. The summed E-state index contributed by atoms with van der Waals surface area (Å²) in [6.07, 6.45) is 3.32. The first-order chi connectivity index (χ1) is 12.0. The Morgan fingerprint density at radius 3 is 2.52 bits per heavy atom. The number of amides is 1. The molecule has 0 atom stereocenters. The van der Waals surface area contributed by atoms with Gasteiger partial charge in [0.1, 0.15) is 0 Å². The standard InChI is InChI=1S/C20H18BrN3O/c1-14-10-16(8-9-19(14)21)23-20(25)15-11-18(13-22-12-15)24(2)17-6-4-3-5-7-17/h3-13H,1-2H3,(H,23,25). The summed E-state index contributed by atoms with van der Waals surface area (Å²) in [5.41, 5.74) is 4.22. The Balaban J connectivity index is 1.81. The largest absolute Gasteiger partial charge is 0.343 e.